The van der Waals surface area contributed by atoms with Gasteiger partial charge in [-0.3, -0.25) is 18.9 Å². The Morgan fingerprint density at radius 3 is 2.55 bits per heavy atom. The zero-order valence-corrected chi connectivity index (χ0v) is 20.6. The monoisotopic (exact) mass is 449 g/mol. The van der Waals surface area contributed by atoms with Crippen molar-refractivity contribution in [2.45, 2.75) is 72.4 Å². The van der Waals surface area contributed by atoms with E-state index in [0.717, 1.165) is 36.1 Å². The van der Waals surface area contributed by atoms with Crippen molar-refractivity contribution in [1.29, 1.82) is 0 Å². The SMILES string of the molecule is Cn1c(=O)n(CC(C)(C)C)c2ccc(C3CCC(C)(C)C(NC(=O)c4ccncc4)C3)nc21. The van der Waals surface area contributed by atoms with Crippen molar-refractivity contribution in [3.05, 3.63) is 58.4 Å². The van der Waals surface area contributed by atoms with E-state index in [2.05, 4.69) is 51.0 Å². The smallest absolute Gasteiger partial charge is 0.330 e. The zero-order chi connectivity index (χ0) is 24.0. The van der Waals surface area contributed by atoms with Crippen LogP contribution in [0.1, 0.15) is 75.9 Å². The Balaban J connectivity index is 1.61. The third-order valence-electron chi connectivity index (χ3n) is 6.90. The summed E-state index contributed by atoms with van der Waals surface area (Å²) in [5, 5.41) is 3.26. The molecular weight excluding hydrogens is 414 g/mol. The van der Waals surface area contributed by atoms with E-state index in [9.17, 15) is 9.59 Å². The maximum absolute atomic E-state index is 12.9. The molecule has 1 saturated carbocycles. The first-order valence-corrected chi connectivity index (χ1v) is 11.7. The van der Waals surface area contributed by atoms with E-state index in [-0.39, 0.29) is 34.4 Å². The number of fused-ring (bicyclic) bond motifs is 1. The lowest BCUT2D eigenvalue weighted by Gasteiger charge is -2.42. The van der Waals surface area contributed by atoms with Gasteiger partial charge in [-0.25, -0.2) is 9.78 Å². The first-order chi connectivity index (χ1) is 15.5. The molecule has 0 radical (unpaired) electrons. The van der Waals surface area contributed by atoms with Crippen molar-refractivity contribution in [2.75, 3.05) is 0 Å². The van der Waals surface area contributed by atoms with E-state index >= 15 is 0 Å². The second kappa shape index (κ2) is 8.43. The lowest BCUT2D eigenvalue weighted by atomic mass is 9.68. The standard InChI is InChI=1S/C26H35N5O2/c1-25(2,3)16-31-20-8-7-19(28-22(20)30(6)24(31)33)18-9-12-26(4,5)21(15-18)29-23(32)17-10-13-27-14-11-17/h7-8,10-11,13-14,18,21H,9,12,15-16H2,1-6H3,(H,29,32). The van der Waals surface area contributed by atoms with Crippen LogP contribution in [0.4, 0.5) is 0 Å². The topological polar surface area (TPSA) is 81.8 Å². The number of amides is 1. The fourth-order valence-electron chi connectivity index (χ4n) is 4.85. The van der Waals surface area contributed by atoms with Crippen molar-refractivity contribution in [2.24, 2.45) is 17.9 Å². The normalized spacial score (nSPS) is 20.7. The number of hydrogen-bond acceptors (Lipinski definition) is 4. The van der Waals surface area contributed by atoms with Gasteiger partial charge < -0.3 is 5.32 Å². The highest BCUT2D eigenvalue weighted by molar-refractivity contribution is 5.94. The summed E-state index contributed by atoms with van der Waals surface area (Å²) in [7, 11) is 1.79. The molecule has 2 atom stereocenters. The van der Waals surface area contributed by atoms with Crippen LogP contribution in [0.15, 0.2) is 41.5 Å². The molecule has 3 aromatic heterocycles. The molecule has 0 aromatic carbocycles. The van der Waals surface area contributed by atoms with Gasteiger partial charge in [-0.15, -0.1) is 0 Å². The van der Waals surface area contributed by atoms with Crippen molar-refractivity contribution in [3.8, 4) is 0 Å². The lowest BCUT2D eigenvalue weighted by molar-refractivity contribution is 0.0836. The molecule has 1 fully saturated rings. The Labute approximate surface area is 195 Å². The van der Waals surface area contributed by atoms with Gasteiger partial charge >= 0.3 is 5.69 Å². The highest BCUT2D eigenvalue weighted by atomic mass is 16.2. The molecule has 2 unspecified atom stereocenters. The van der Waals surface area contributed by atoms with E-state index in [1.165, 1.54) is 0 Å². The average Bonchev–Trinajstić information content (AvgIpc) is 2.99. The van der Waals surface area contributed by atoms with E-state index in [1.807, 2.05) is 10.6 Å². The number of aromatic nitrogens is 4. The Morgan fingerprint density at radius 1 is 1.18 bits per heavy atom. The second-order valence-electron chi connectivity index (χ2n) is 11.3. The summed E-state index contributed by atoms with van der Waals surface area (Å²) in [6, 6.07) is 7.60. The largest absolute Gasteiger partial charge is 0.349 e. The fraction of sp³-hybridized carbons (Fsp3) is 0.538. The number of nitrogens with zero attached hydrogens (tertiary/aromatic N) is 4. The summed E-state index contributed by atoms with van der Waals surface area (Å²) in [5.41, 5.74) is 3.17. The van der Waals surface area contributed by atoms with Gasteiger partial charge in [0.25, 0.3) is 5.91 Å². The predicted molar refractivity (Wildman–Crippen MR) is 130 cm³/mol. The van der Waals surface area contributed by atoms with E-state index in [0.29, 0.717) is 12.1 Å². The number of imidazole rings is 1. The minimum Gasteiger partial charge on any atom is -0.349 e. The number of rotatable bonds is 4. The Kier molecular flexibility index (Phi) is 5.93. The first-order valence-electron chi connectivity index (χ1n) is 11.7. The molecule has 1 aliphatic carbocycles. The maximum atomic E-state index is 12.9. The fourth-order valence-corrected chi connectivity index (χ4v) is 4.85. The number of carbonyl (C=O) groups excluding carboxylic acids is 1. The van der Waals surface area contributed by atoms with Gasteiger partial charge in [0.15, 0.2) is 5.65 Å². The molecule has 1 amide bonds. The first kappa shape index (κ1) is 23.2. The van der Waals surface area contributed by atoms with Gasteiger partial charge in [0.1, 0.15) is 0 Å². The number of hydrogen-bond donors (Lipinski definition) is 1. The van der Waals surface area contributed by atoms with Crippen LogP contribution in [-0.2, 0) is 13.6 Å². The van der Waals surface area contributed by atoms with Gasteiger partial charge in [0.2, 0.25) is 0 Å². The number of carbonyl (C=O) groups is 1. The van der Waals surface area contributed by atoms with Crippen LogP contribution in [0, 0.1) is 10.8 Å². The second-order valence-corrected chi connectivity index (χ2v) is 11.3. The van der Waals surface area contributed by atoms with Crippen molar-refractivity contribution < 1.29 is 4.79 Å². The maximum Gasteiger partial charge on any atom is 0.330 e. The van der Waals surface area contributed by atoms with E-state index in [4.69, 9.17) is 4.98 Å². The molecule has 0 saturated heterocycles. The Morgan fingerprint density at radius 2 is 1.88 bits per heavy atom. The third-order valence-corrected chi connectivity index (χ3v) is 6.90. The van der Waals surface area contributed by atoms with Crippen LogP contribution in [-0.4, -0.2) is 31.1 Å². The molecule has 3 aromatic rings. The zero-order valence-electron chi connectivity index (χ0n) is 20.6. The summed E-state index contributed by atoms with van der Waals surface area (Å²) in [6.45, 7) is 11.5. The molecule has 4 rings (SSSR count). The van der Waals surface area contributed by atoms with Crippen LogP contribution in [0.25, 0.3) is 11.2 Å². The molecule has 1 N–H and O–H groups in total. The molecule has 0 spiro atoms. The minimum atomic E-state index is -0.0683. The number of pyridine rings is 2. The third kappa shape index (κ3) is 4.72. The highest BCUT2D eigenvalue weighted by Crippen LogP contribution is 2.42. The van der Waals surface area contributed by atoms with Gasteiger partial charge in [-0.1, -0.05) is 34.6 Å². The Hall–Kier alpha value is -2.96. The van der Waals surface area contributed by atoms with E-state index in [1.54, 1.807) is 36.1 Å². The van der Waals surface area contributed by atoms with Gasteiger partial charge in [0.05, 0.1) is 5.52 Å². The highest BCUT2D eigenvalue weighted by Gasteiger charge is 2.38. The van der Waals surface area contributed by atoms with Crippen molar-refractivity contribution in [1.82, 2.24) is 24.4 Å². The molecule has 0 bridgehead atoms. The number of nitrogens with one attached hydrogen (secondary N) is 1. The van der Waals surface area contributed by atoms with Gasteiger partial charge in [0, 0.05) is 49.2 Å². The molecule has 3 heterocycles. The molecule has 7 nitrogen and oxygen atoms in total. The number of aryl methyl sites for hydroxylation is 1. The quantitative estimate of drug-likeness (QED) is 0.645. The summed E-state index contributed by atoms with van der Waals surface area (Å²) >= 11 is 0. The lowest BCUT2D eigenvalue weighted by Crippen LogP contribution is -2.48. The van der Waals surface area contributed by atoms with Gasteiger partial charge in [-0.2, -0.15) is 0 Å². The van der Waals surface area contributed by atoms with E-state index < -0.39 is 0 Å². The summed E-state index contributed by atoms with van der Waals surface area (Å²) in [6.07, 6.45) is 6.09. The summed E-state index contributed by atoms with van der Waals surface area (Å²) in [5.74, 6) is 0.160. The molecule has 7 heteroatoms. The predicted octanol–water partition coefficient (Wildman–Crippen LogP) is 4.27. The molecule has 0 aliphatic heterocycles. The van der Waals surface area contributed by atoms with Crippen LogP contribution < -0.4 is 11.0 Å². The average molecular weight is 450 g/mol. The molecule has 176 valence electrons. The van der Waals surface area contributed by atoms with Crippen molar-refractivity contribution >= 4 is 17.1 Å². The molecular formula is C26H35N5O2. The van der Waals surface area contributed by atoms with Crippen LogP contribution >= 0.6 is 0 Å². The van der Waals surface area contributed by atoms with Crippen molar-refractivity contribution in [3.63, 3.8) is 0 Å². The van der Waals surface area contributed by atoms with Crippen LogP contribution in [0.2, 0.25) is 0 Å². The summed E-state index contributed by atoms with van der Waals surface area (Å²) < 4.78 is 3.48. The van der Waals surface area contributed by atoms with Crippen LogP contribution in [0.5, 0.6) is 0 Å². The van der Waals surface area contributed by atoms with Gasteiger partial charge in [-0.05, 0) is 54.4 Å². The summed E-state index contributed by atoms with van der Waals surface area (Å²) in [4.78, 5) is 34.7. The molecule has 1 aliphatic rings. The minimum absolute atomic E-state index is 0.00775. The van der Waals surface area contributed by atoms with Crippen LogP contribution in [0.3, 0.4) is 0 Å². The molecule has 33 heavy (non-hydrogen) atoms. The Bertz CT molecular complexity index is 1220.